The second-order valence-electron chi connectivity index (χ2n) is 3.78. The van der Waals surface area contributed by atoms with Crippen LogP contribution in [0.25, 0.3) is 0 Å². The molecule has 1 aromatic carbocycles. The van der Waals surface area contributed by atoms with Gasteiger partial charge in [0.2, 0.25) is 5.91 Å². The largest absolute Gasteiger partial charge is 0.372 e. The lowest BCUT2D eigenvalue weighted by Gasteiger charge is -2.06. The van der Waals surface area contributed by atoms with E-state index in [1.807, 2.05) is 31.2 Å². The molecule has 0 aromatic heterocycles. The number of hydrogen-bond acceptors (Lipinski definition) is 2. The average molecular weight is 256 g/mol. The molecular formula is C13H18ClNO2. The van der Waals surface area contributed by atoms with Crippen molar-refractivity contribution >= 4 is 17.5 Å². The van der Waals surface area contributed by atoms with Crippen LogP contribution in [0.3, 0.4) is 0 Å². The molecule has 0 saturated carbocycles. The third-order valence-electron chi connectivity index (χ3n) is 2.25. The molecule has 0 aliphatic carbocycles. The van der Waals surface area contributed by atoms with Gasteiger partial charge in [-0.3, -0.25) is 4.79 Å². The third kappa shape index (κ3) is 5.71. The standard InChI is InChI=1S/C13H18ClNO2/c1-2-7-17-10-13(16)15-9-12-5-3-11(8-14)4-6-12/h3-6H,2,7-10H2,1H3,(H,15,16). The topological polar surface area (TPSA) is 38.3 Å². The van der Waals surface area contributed by atoms with Crippen LogP contribution in [0.2, 0.25) is 0 Å². The van der Waals surface area contributed by atoms with Crippen molar-refractivity contribution in [3.8, 4) is 0 Å². The van der Waals surface area contributed by atoms with Crippen molar-refractivity contribution in [2.24, 2.45) is 0 Å². The van der Waals surface area contributed by atoms with E-state index in [1.54, 1.807) is 0 Å². The molecule has 1 amide bonds. The Morgan fingerprint density at radius 2 is 1.94 bits per heavy atom. The van der Waals surface area contributed by atoms with Crippen LogP contribution in [-0.4, -0.2) is 19.1 Å². The summed E-state index contributed by atoms with van der Waals surface area (Å²) >= 11 is 5.69. The number of rotatable bonds is 7. The van der Waals surface area contributed by atoms with Gasteiger partial charge in [0.05, 0.1) is 0 Å². The molecule has 0 fully saturated rings. The third-order valence-corrected chi connectivity index (χ3v) is 2.56. The molecule has 1 rings (SSSR count). The van der Waals surface area contributed by atoms with Crippen molar-refractivity contribution in [3.05, 3.63) is 35.4 Å². The lowest BCUT2D eigenvalue weighted by Crippen LogP contribution is -2.27. The highest BCUT2D eigenvalue weighted by molar-refractivity contribution is 6.17. The summed E-state index contributed by atoms with van der Waals surface area (Å²) in [6, 6.07) is 7.85. The fraction of sp³-hybridized carbons (Fsp3) is 0.462. The molecule has 0 saturated heterocycles. The lowest BCUT2D eigenvalue weighted by molar-refractivity contribution is -0.125. The van der Waals surface area contributed by atoms with Gasteiger partial charge in [-0.05, 0) is 17.5 Å². The van der Waals surface area contributed by atoms with E-state index in [-0.39, 0.29) is 12.5 Å². The Kier molecular flexibility index (Phi) is 6.67. The number of benzene rings is 1. The maximum absolute atomic E-state index is 11.4. The van der Waals surface area contributed by atoms with Crippen LogP contribution >= 0.6 is 11.6 Å². The first-order valence-corrected chi connectivity index (χ1v) is 6.28. The van der Waals surface area contributed by atoms with E-state index in [9.17, 15) is 4.79 Å². The zero-order valence-corrected chi connectivity index (χ0v) is 10.8. The number of carbonyl (C=O) groups is 1. The van der Waals surface area contributed by atoms with E-state index >= 15 is 0 Å². The van der Waals surface area contributed by atoms with Gasteiger partial charge < -0.3 is 10.1 Å². The van der Waals surface area contributed by atoms with Gasteiger partial charge in [0.15, 0.2) is 0 Å². The maximum atomic E-state index is 11.4. The Morgan fingerprint density at radius 3 is 2.53 bits per heavy atom. The number of halogens is 1. The summed E-state index contributed by atoms with van der Waals surface area (Å²) < 4.78 is 5.14. The molecule has 0 aliphatic rings. The number of ether oxygens (including phenoxy) is 1. The first kappa shape index (κ1) is 14.0. The fourth-order valence-electron chi connectivity index (χ4n) is 1.31. The molecule has 0 radical (unpaired) electrons. The second kappa shape index (κ2) is 8.09. The summed E-state index contributed by atoms with van der Waals surface area (Å²) in [5.74, 6) is 0.428. The van der Waals surface area contributed by atoms with Gasteiger partial charge in [0, 0.05) is 19.0 Å². The van der Waals surface area contributed by atoms with Crippen molar-refractivity contribution in [3.63, 3.8) is 0 Å². The molecular weight excluding hydrogens is 238 g/mol. The van der Waals surface area contributed by atoms with Crippen LogP contribution < -0.4 is 5.32 Å². The summed E-state index contributed by atoms with van der Waals surface area (Å²) in [5, 5.41) is 2.80. The van der Waals surface area contributed by atoms with Crippen LogP contribution in [-0.2, 0) is 22.0 Å². The lowest BCUT2D eigenvalue weighted by atomic mass is 10.1. The van der Waals surface area contributed by atoms with E-state index < -0.39 is 0 Å². The zero-order valence-electron chi connectivity index (χ0n) is 10.0. The van der Waals surface area contributed by atoms with Crippen molar-refractivity contribution in [1.29, 1.82) is 0 Å². The number of carbonyl (C=O) groups excluding carboxylic acids is 1. The fourth-order valence-corrected chi connectivity index (χ4v) is 1.49. The molecule has 4 heteroatoms. The molecule has 1 N–H and O–H groups in total. The molecule has 0 atom stereocenters. The monoisotopic (exact) mass is 255 g/mol. The minimum absolute atomic E-state index is 0.0835. The van der Waals surface area contributed by atoms with Crippen LogP contribution in [0.5, 0.6) is 0 Å². The molecule has 3 nitrogen and oxygen atoms in total. The molecule has 0 aliphatic heterocycles. The number of amides is 1. The highest BCUT2D eigenvalue weighted by Crippen LogP contribution is 2.06. The number of alkyl halides is 1. The van der Waals surface area contributed by atoms with E-state index in [4.69, 9.17) is 16.3 Å². The number of nitrogens with one attached hydrogen (secondary N) is 1. The SMILES string of the molecule is CCCOCC(=O)NCc1ccc(CCl)cc1. The Morgan fingerprint density at radius 1 is 1.29 bits per heavy atom. The van der Waals surface area contributed by atoms with Gasteiger partial charge in [0.1, 0.15) is 6.61 Å². The second-order valence-corrected chi connectivity index (χ2v) is 4.05. The van der Waals surface area contributed by atoms with Crippen LogP contribution in [0.4, 0.5) is 0 Å². The number of hydrogen-bond donors (Lipinski definition) is 1. The zero-order chi connectivity index (χ0) is 12.5. The smallest absolute Gasteiger partial charge is 0.246 e. The normalized spacial score (nSPS) is 10.2. The summed E-state index contributed by atoms with van der Waals surface area (Å²) in [5.41, 5.74) is 2.13. The van der Waals surface area contributed by atoms with Crippen LogP contribution in [0, 0.1) is 0 Å². The summed E-state index contributed by atoms with van der Waals surface area (Å²) in [6.07, 6.45) is 0.924. The highest BCUT2D eigenvalue weighted by atomic mass is 35.5. The highest BCUT2D eigenvalue weighted by Gasteiger charge is 2.01. The Hall–Kier alpha value is -1.06. The molecule has 94 valence electrons. The van der Waals surface area contributed by atoms with Gasteiger partial charge in [0.25, 0.3) is 0 Å². The van der Waals surface area contributed by atoms with Crippen LogP contribution in [0.1, 0.15) is 24.5 Å². The van der Waals surface area contributed by atoms with Crippen molar-refractivity contribution in [2.75, 3.05) is 13.2 Å². The minimum atomic E-state index is -0.0835. The van der Waals surface area contributed by atoms with Gasteiger partial charge in [-0.25, -0.2) is 0 Å². The predicted octanol–water partition coefficient (Wildman–Crippen LogP) is 2.47. The summed E-state index contributed by atoms with van der Waals surface area (Å²) in [7, 11) is 0. The van der Waals surface area contributed by atoms with Crippen molar-refractivity contribution in [2.45, 2.75) is 25.8 Å². The van der Waals surface area contributed by atoms with Gasteiger partial charge in [-0.2, -0.15) is 0 Å². The quantitative estimate of drug-likeness (QED) is 0.600. The van der Waals surface area contributed by atoms with Gasteiger partial charge >= 0.3 is 0 Å². The molecule has 17 heavy (non-hydrogen) atoms. The average Bonchev–Trinajstić information content (AvgIpc) is 2.37. The Labute approximate surface area is 107 Å². The summed E-state index contributed by atoms with van der Waals surface area (Å²) in [4.78, 5) is 11.4. The predicted molar refractivity (Wildman–Crippen MR) is 69.0 cm³/mol. The molecule has 0 heterocycles. The van der Waals surface area contributed by atoms with E-state index in [2.05, 4.69) is 5.32 Å². The minimum Gasteiger partial charge on any atom is -0.372 e. The van der Waals surface area contributed by atoms with Gasteiger partial charge in [-0.15, -0.1) is 11.6 Å². The van der Waals surface area contributed by atoms with Crippen molar-refractivity contribution in [1.82, 2.24) is 5.32 Å². The van der Waals surface area contributed by atoms with E-state index in [0.717, 1.165) is 17.5 Å². The first-order valence-electron chi connectivity index (χ1n) is 5.74. The van der Waals surface area contributed by atoms with Gasteiger partial charge in [-0.1, -0.05) is 31.2 Å². The molecule has 0 bridgehead atoms. The Bertz CT molecular complexity index is 338. The Balaban J connectivity index is 2.27. The maximum Gasteiger partial charge on any atom is 0.246 e. The van der Waals surface area contributed by atoms with E-state index in [1.165, 1.54) is 0 Å². The molecule has 1 aromatic rings. The van der Waals surface area contributed by atoms with E-state index in [0.29, 0.717) is 19.0 Å². The summed E-state index contributed by atoms with van der Waals surface area (Å²) in [6.45, 7) is 3.29. The molecule has 0 spiro atoms. The first-order chi connectivity index (χ1) is 8.26. The molecule has 0 unspecified atom stereocenters. The van der Waals surface area contributed by atoms with Crippen molar-refractivity contribution < 1.29 is 9.53 Å². The van der Waals surface area contributed by atoms with Crippen LogP contribution in [0.15, 0.2) is 24.3 Å².